The van der Waals surface area contributed by atoms with Crippen LogP contribution in [0.2, 0.25) is 0 Å². The Labute approximate surface area is 163 Å². The summed E-state index contributed by atoms with van der Waals surface area (Å²) >= 11 is 1.22. The number of carbonyl (C=O) groups is 1. The zero-order valence-corrected chi connectivity index (χ0v) is 16.8. The maximum Gasteiger partial charge on any atom is 0.251 e. The van der Waals surface area contributed by atoms with E-state index in [1.807, 2.05) is 12.1 Å². The molecule has 27 heavy (non-hydrogen) atoms. The van der Waals surface area contributed by atoms with Gasteiger partial charge in [0.25, 0.3) is 5.91 Å². The van der Waals surface area contributed by atoms with Crippen LogP contribution in [-0.4, -0.2) is 25.7 Å². The topological polar surface area (TPSA) is 72.5 Å². The van der Waals surface area contributed by atoms with Gasteiger partial charge in [-0.1, -0.05) is 6.07 Å². The zero-order valence-electron chi connectivity index (χ0n) is 15.2. The Morgan fingerprint density at radius 1 is 1.22 bits per heavy atom. The van der Waals surface area contributed by atoms with Crippen LogP contribution in [0.4, 0.5) is 0 Å². The lowest BCUT2D eigenvalue weighted by molar-refractivity contribution is 0.0932. The van der Waals surface area contributed by atoms with E-state index < -0.39 is 15.1 Å². The minimum absolute atomic E-state index is 0.208. The predicted octanol–water partition coefficient (Wildman–Crippen LogP) is 4.11. The highest BCUT2D eigenvalue weighted by Gasteiger charge is 2.38. The van der Waals surface area contributed by atoms with Crippen LogP contribution in [0.3, 0.4) is 0 Å². The summed E-state index contributed by atoms with van der Waals surface area (Å²) < 4.78 is 31.3. The van der Waals surface area contributed by atoms with E-state index in [-0.39, 0.29) is 18.1 Å². The molecular weight excluding hydrogens is 382 g/mol. The van der Waals surface area contributed by atoms with Gasteiger partial charge in [-0.25, -0.2) is 8.42 Å². The second kappa shape index (κ2) is 7.28. The Hall–Kier alpha value is -1.86. The second-order valence-electron chi connectivity index (χ2n) is 7.33. The Kier molecular flexibility index (Phi) is 4.99. The van der Waals surface area contributed by atoms with Gasteiger partial charge in [0.15, 0.2) is 9.84 Å². The number of fused-ring (bicyclic) bond motifs is 1. The molecule has 0 unspecified atom stereocenters. The minimum atomic E-state index is -3.28. The molecule has 2 heterocycles. The lowest BCUT2D eigenvalue weighted by Crippen LogP contribution is -2.36. The van der Waals surface area contributed by atoms with E-state index >= 15 is 0 Å². The summed E-state index contributed by atoms with van der Waals surface area (Å²) in [5.41, 5.74) is 1.23. The normalized spacial score (nSPS) is 24.3. The van der Waals surface area contributed by atoms with Gasteiger partial charge in [-0.3, -0.25) is 4.79 Å². The molecule has 7 heteroatoms. The third-order valence-corrected chi connectivity index (χ3v) is 9.11. The van der Waals surface area contributed by atoms with Crippen molar-refractivity contribution in [1.29, 1.82) is 0 Å². The number of thiophene rings is 1. The number of hydrogen-bond donors (Lipinski definition) is 1. The molecule has 1 aromatic heterocycles. The Bertz CT molecular complexity index is 944. The number of hydrogen-bond acceptors (Lipinski definition) is 5. The molecule has 0 saturated heterocycles. The quantitative estimate of drug-likeness (QED) is 0.831. The first-order valence-corrected chi connectivity index (χ1v) is 11.8. The van der Waals surface area contributed by atoms with Gasteiger partial charge >= 0.3 is 0 Å². The van der Waals surface area contributed by atoms with Crippen LogP contribution in [0.15, 0.2) is 39.9 Å². The van der Waals surface area contributed by atoms with Crippen molar-refractivity contribution in [2.45, 2.75) is 60.6 Å². The molecular formula is C20H23NO4S2. The van der Waals surface area contributed by atoms with Gasteiger partial charge in [0.1, 0.15) is 9.96 Å². The fourth-order valence-electron chi connectivity index (χ4n) is 3.85. The smallest absolute Gasteiger partial charge is 0.251 e. The van der Waals surface area contributed by atoms with Crippen molar-refractivity contribution >= 4 is 27.1 Å². The Morgan fingerprint density at radius 3 is 2.78 bits per heavy atom. The zero-order chi connectivity index (χ0) is 19.0. The SMILES string of the molecule is C[C@H]1C[C@H](NC(=O)c2cccc(OC3CCCC3)c2)c2ccsc2S1(=O)=O. The highest BCUT2D eigenvalue weighted by atomic mass is 32.2. The van der Waals surface area contributed by atoms with Crippen LogP contribution >= 0.6 is 11.3 Å². The largest absolute Gasteiger partial charge is 0.490 e. The predicted molar refractivity (Wildman–Crippen MR) is 105 cm³/mol. The first-order valence-electron chi connectivity index (χ1n) is 9.34. The van der Waals surface area contributed by atoms with E-state index in [0.29, 0.717) is 27.5 Å². The molecule has 2 aliphatic rings. The van der Waals surface area contributed by atoms with Gasteiger partial charge in [-0.2, -0.15) is 0 Å². The molecule has 2 atom stereocenters. The number of rotatable bonds is 4. The number of benzene rings is 1. The van der Waals surface area contributed by atoms with E-state index in [2.05, 4.69) is 5.32 Å². The maximum atomic E-state index is 12.8. The van der Waals surface area contributed by atoms with E-state index in [0.717, 1.165) is 12.8 Å². The van der Waals surface area contributed by atoms with Gasteiger partial charge in [0, 0.05) is 11.1 Å². The minimum Gasteiger partial charge on any atom is -0.490 e. The molecule has 144 valence electrons. The summed E-state index contributed by atoms with van der Waals surface area (Å²) in [6.45, 7) is 1.70. The number of amides is 1. The lowest BCUT2D eigenvalue weighted by atomic mass is 10.0. The summed E-state index contributed by atoms with van der Waals surface area (Å²) in [4.78, 5) is 12.8. The number of ether oxygens (including phenoxy) is 1. The lowest BCUT2D eigenvalue weighted by Gasteiger charge is -2.28. The Balaban J connectivity index is 1.51. The van der Waals surface area contributed by atoms with Crippen molar-refractivity contribution in [3.63, 3.8) is 0 Å². The molecule has 0 bridgehead atoms. The molecule has 2 aromatic rings. The van der Waals surface area contributed by atoms with E-state index in [1.165, 1.54) is 24.2 Å². The molecule has 1 fully saturated rings. The van der Waals surface area contributed by atoms with Crippen LogP contribution < -0.4 is 10.1 Å². The third-order valence-electron chi connectivity index (χ3n) is 5.40. The number of nitrogens with one attached hydrogen (secondary N) is 1. The van der Waals surface area contributed by atoms with Crippen LogP contribution in [0.5, 0.6) is 5.75 Å². The molecule has 0 radical (unpaired) electrons. The number of sulfone groups is 1. The first-order chi connectivity index (χ1) is 12.9. The summed E-state index contributed by atoms with van der Waals surface area (Å²) in [6, 6.07) is 8.73. The number of carbonyl (C=O) groups excluding carboxylic acids is 1. The van der Waals surface area contributed by atoms with Crippen molar-refractivity contribution in [3.05, 3.63) is 46.8 Å². The van der Waals surface area contributed by atoms with Crippen LogP contribution in [0.25, 0.3) is 0 Å². The molecule has 1 aliphatic heterocycles. The monoisotopic (exact) mass is 405 g/mol. The summed E-state index contributed by atoms with van der Waals surface area (Å²) in [5, 5.41) is 4.28. The molecule has 1 amide bonds. The average molecular weight is 406 g/mol. The van der Waals surface area contributed by atoms with Gasteiger partial charge < -0.3 is 10.1 Å². The van der Waals surface area contributed by atoms with Crippen molar-refractivity contribution in [2.24, 2.45) is 0 Å². The van der Waals surface area contributed by atoms with Gasteiger partial charge in [-0.05, 0) is 68.7 Å². The van der Waals surface area contributed by atoms with Crippen LogP contribution in [-0.2, 0) is 9.84 Å². The fourth-order valence-corrected chi connectivity index (χ4v) is 7.08. The summed E-state index contributed by atoms with van der Waals surface area (Å²) in [7, 11) is -3.28. The van der Waals surface area contributed by atoms with Crippen molar-refractivity contribution in [1.82, 2.24) is 5.32 Å². The van der Waals surface area contributed by atoms with E-state index in [1.54, 1.807) is 30.5 Å². The highest BCUT2D eigenvalue weighted by molar-refractivity contribution is 7.94. The van der Waals surface area contributed by atoms with Crippen molar-refractivity contribution < 1.29 is 17.9 Å². The highest BCUT2D eigenvalue weighted by Crippen LogP contribution is 2.39. The molecule has 5 nitrogen and oxygen atoms in total. The van der Waals surface area contributed by atoms with Crippen molar-refractivity contribution in [3.8, 4) is 5.75 Å². The summed E-state index contributed by atoms with van der Waals surface area (Å²) in [6.07, 6.45) is 5.13. The average Bonchev–Trinajstić information content (AvgIpc) is 3.32. The van der Waals surface area contributed by atoms with Crippen LogP contribution in [0, 0.1) is 0 Å². The molecule has 1 saturated carbocycles. The fraction of sp³-hybridized carbons (Fsp3) is 0.450. The van der Waals surface area contributed by atoms with Gasteiger partial charge in [-0.15, -0.1) is 11.3 Å². The molecule has 0 spiro atoms. The van der Waals surface area contributed by atoms with E-state index in [9.17, 15) is 13.2 Å². The molecule has 1 N–H and O–H groups in total. The molecule has 1 aliphatic carbocycles. The second-order valence-corrected chi connectivity index (χ2v) is 10.8. The maximum absolute atomic E-state index is 12.8. The molecule has 1 aromatic carbocycles. The molecule has 4 rings (SSSR count). The van der Waals surface area contributed by atoms with E-state index in [4.69, 9.17) is 4.74 Å². The Morgan fingerprint density at radius 2 is 2.00 bits per heavy atom. The third kappa shape index (κ3) is 3.62. The summed E-state index contributed by atoms with van der Waals surface area (Å²) in [5.74, 6) is 0.505. The van der Waals surface area contributed by atoms with Crippen LogP contribution in [0.1, 0.15) is 61.0 Å². The van der Waals surface area contributed by atoms with Gasteiger partial charge in [0.05, 0.1) is 17.4 Å². The first kappa shape index (κ1) is 18.5. The van der Waals surface area contributed by atoms with Crippen molar-refractivity contribution in [2.75, 3.05) is 0 Å². The standard InChI is InChI=1S/C20H23NO4S2/c1-13-11-18(17-9-10-26-20(17)27(13,23)24)21-19(22)14-5-4-8-16(12-14)25-15-6-2-3-7-15/h4-5,8-10,12-13,15,18H,2-3,6-7,11H2,1H3,(H,21,22)/t13-,18-/m0/s1. The van der Waals surface area contributed by atoms with Gasteiger partial charge in [0.2, 0.25) is 0 Å².